The Bertz CT molecular complexity index is 462. The van der Waals surface area contributed by atoms with Crippen molar-refractivity contribution in [1.29, 1.82) is 0 Å². The molecular weight excluding hydrogens is 338 g/mol. The summed E-state index contributed by atoms with van der Waals surface area (Å²) in [6.07, 6.45) is 0. The van der Waals surface area contributed by atoms with Crippen LogP contribution in [0, 0.1) is 17.8 Å². The molecule has 7 nitrogen and oxygen atoms in total. The molecular formula is C17H35N3O4Si. The van der Waals surface area contributed by atoms with Crippen LogP contribution in [-0.2, 0) is 18.9 Å². The monoisotopic (exact) mass is 373 g/mol. The van der Waals surface area contributed by atoms with Crippen LogP contribution >= 0.6 is 0 Å². The minimum absolute atomic E-state index is 0.0791. The van der Waals surface area contributed by atoms with Crippen LogP contribution in [0.5, 0.6) is 0 Å². The lowest BCUT2D eigenvalue weighted by atomic mass is 10.1. The summed E-state index contributed by atoms with van der Waals surface area (Å²) < 4.78 is 5.53. The van der Waals surface area contributed by atoms with Crippen molar-refractivity contribution in [3.63, 3.8) is 0 Å². The molecule has 0 atom stereocenters. The normalized spacial score (nSPS) is 16.6. The summed E-state index contributed by atoms with van der Waals surface area (Å²) in [6.45, 7) is 17.8. The Morgan fingerprint density at radius 2 is 1.12 bits per heavy atom. The molecule has 0 radical (unpaired) electrons. The first kappa shape index (κ1) is 23.6. The summed E-state index contributed by atoms with van der Waals surface area (Å²) in [5, 5.41) is 12.3. The molecule has 0 spiro atoms. The fourth-order valence-corrected chi connectivity index (χ4v) is 1.28. The first-order chi connectivity index (χ1) is 11.5. The Balaban J connectivity index is 5.33. The molecule has 8 heteroatoms. The highest BCUT2D eigenvalue weighted by Gasteiger charge is 2.38. The van der Waals surface area contributed by atoms with Crippen molar-refractivity contribution in [2.24, 2.45) is 33.2 Å². The molecule has 0 aromatic heterocycles. The zero-order chi connectivity index (χ0) is 19.6. The van der Waals surface area contributed by atoms with Gasteiger partial charge in [0.2, 0.25) is 6.61 Å². The topological polar surface area (TPSA) is 74.0 Å². The van der Waals surface area contributed by atoms with Gasteiger partial charge in [0.05, 0.1) is 17.1 Å². The molecule has 0 N–H and O–H groups in total. The van der Waals surface area contributed by atoms with Gasteiger partial charge in [0, 0.05) is 0 Å². The van der Waals surface area contributed by atoms with Crippen molar-refractivity contribution in [3.05, 3.63) is 0 Å². The Hall–Kier alpha value is -1.41. The highest BCUT2D eigenvalue weighted by molar-refractivity contribution is 5.98. The van der Waals surface area contributed by atoms with Gasteiger partial charge < -0.3 is 18.9 Å². The molecule has 0 rings (SSSR count). The molecule has 0 bridgehead atoms. The minimum atomic E-state index is -1.54. The Morgan fingerprint density at radius 1 is 0.760 bits per heavy atom. The van der Waals surface area contributed by atoms with E-state index < -0.39 is 5.97 Å². The zero-order valence-electron chi connectivity index (χ0n) is 17.4. The van der Waals surface area contributed by atoms with Gasteiger partial charge in [0.15, 0.2) is 10.5 Å². The van der Waals surface area contributed by atoms with E-state index in [-0.39, 0.29) is 24.4 Å². The molecule has 0 amide bonds. The van der Waals surface area contributed by atoms with Gasteiger partial charge in [-0.1, -0.05) is 57.0 Å². The van der Waals surface area contributed by atoms with E-state index in [0.29, 0.717) is 10.5 Å². The van der Waals surface area contributed by atoms with Crippen LogP contribution in [0.4, 0.5) is 0 Å². The largest absolute Gasteiger partial charge is 0.440 e. The van der Waals surface area contributed by atoms with Crippen molar-refractivity contribution < 1.29 is 18.9 Å². The molecule has 0 saturated heterocycles. The third kappa shape index (κ3) is 9.01. The third-order valence-corrected chi connectivity index (χ3v) is 4.55. The maximum atomic E-state index is 5.55. The molecule has 0 aliphatic carbocycles. The summed E-state index contributed by atoms with van der Waals surface area (Å²) in [5.74, 6) is -0.764. The molecule has 0 aliphatic heterocycles. The van der Waals surface area contributed by atoms with Gasteiger partial charge in [0.25, 0.3) is 0 Å². The molecule has 146 valence electrons. The molecule has 0 saturated carbocycles. The Labute approximate surface area is 155 Å². The van der Waals surface area contributed by atoms with E-state index in [4.69, 9.17) is 18.9 Å². The van der Waals surface area contributed by atoms with E-state index in [0.717, 1.165) is 17.1 Å². The van der Waals surface area contributed by atoms with Gasteiger partial charge in [-0.2, -0.15) is 0 Å². The van der Waals surface area contributed by atoms with Crippen LogP contribution in [0.1, 0.15) is 62.3 Å². The van der Waals surface area contributed by atoms with Gasteiger partial charge in [-0.3, -0.25) is 0 Å². The van der Waals surface area contributed by atoms with Crippen LogP contribution < -0.4 is 0 Å². The van der Waals surface area contributed by atoms with Crippen molar-refractivity contribution in [2.45, 2.75) is 68.3 Å². The fraction of sp³-hybridized carbons (Fsp3) is 0.824. The Kier molecular flexibility index (Phi) is 10.6. The number of nitrogens with zero attached hydrogens (tertiary/aromatic N) is 3. The molecule has 0 aromatic carbocycles. The molecule has 25 heavy (non-hydrogen) atoms. The predicted molar refractivity (Wildman–Crippen MR) is 106 cm³/mol. The van der Waals surface area contributed by atoms with Gasteiger partial charge >= 0.3 is 5.97 Å². The minimum Gasteiger partial charge on any atom is -0.384 e. The van der Waals surface area contributed by atoms with Crippen molar-refractivity contribution >= 4 is 27.6 Å². The smallest absolute Gasteiger partial charge is 0.384 e. The van der Waals surface area contributed by atoms with Crippen LogP contribution in [0.3, 0.4) is 0 Å². The molecule has 0 unspecified atom stereocenters. The van der Waals surface area contributed by atoms with E-state index >= 15 is 0 Å². The van der Waals surface area contributed by atoms with Crippen LogP contribution in [-0.4, -0.2) is 40.2 Å². The summed E-state index contributed by atoms with van der Waals surface area (Å²) in [6, 6.07) is 0. The highest BCUT2D eigenvalue weighted by Crippen LogP contribution is 2.18. The second-order valence-corrected chi connectivity index (χ2v) is 7.41. The fourth-order valence-electron chi connectivity index (χ4n) is 1.02. The second kappa shape index (κ2) is 11.3. The van der Waals surface area contributed by atoms with E-state index in [1.54, 1.807) is 0 Å². The predicted octanol–water partition coefficient (Wildman–Crippen LogP) is 3.08. The molecule has 0 aliphatic rings. The maximum Gasteiger partial charge on any atom is 0.440 e. The van der Waals surface area contributed by atoms with E-state index in [1.807, 2.05) is 62.3 Å². The average Bonchev–Trinajstić information content (AvgIpc) is 2.55. The summed E-state index contributed by atoms with van der Waals surface area (Å²) >= 11 is 0. The number of hydrogen-bond acceptors (Lipinski definition) is 7. The van der Waals surface area contributed by atoms with Crippen molar-refractivity contribution in [3.8, 4) is 0 Å². The second-order valence-electron chi connectivity index (χ2n) is 7.01. The molecule has 0 heterocycles. The van der Waals surface area contributed by atoms with Gasteiger partial charge in [0.1, 0.15) is 0 Å². The first-order valence-electron chi connectivity index (χ1n) is 8.71. The van der Waals surface area contributed by atoms with E-state index in [1.165, 1.54) is 0 Å². The van der Waals surface area contributed by atoms with Crippen molar-refractivity contribution in [2.75, 3.05) is 6.61 Å². The summed E-state index contributed by atoms with van der Waals surface area (Å²) in [7, 11) is 0.351. The van der Waals surface area contributed by atoms with Crippen LogP contribution in [0.15, 0.2) is 15.5 Å². The van der Waals surface area contributed by atoms with Crippen LogP contribution in [0.25, 0.3) is 0 Å². The first-order valence-corrected chi connectivity index (χ1v) is 9.53. The number of rotatable bonds is 11. The Morgan fingerprint density at radius 3 is 1.44 bits per heavy atom. The van der Waals surface area contributed by atoms with E-state index in [9.17, 15) is 0 Å². The lowest BCUT2D eigenvalue weighted by Gasteiger charge is -2.26. The number of oxime groups is 3. The third-order valence-electron chi connectivity index (χ3n) is 3.92. The lowest BCUT2D eigenvalue weighted by Crippen LogP contribution is -2.41. The standard InChI is InChI=1S/C17H35N3O4Si/c1-11(2)14(7)18-21-10-17(24-25,22-19-15(8)12(3)4)23-20-16(9)13(5)6/h11-13H,10H2,1-9,25H3. The van der Waals surface area contributed by atoms with E-state index in [2.05, 4.69) is 15.5 Å². The average molecular weight is 374 g/mol. The SMILES string of the molecule is CC(=NOCC(O[SiH3])(ON=C(C)C(C)C)ON=C(C)C(C)C)C(C)C. The zero-order valence-corrected chi connectivity index (χ0v) is 19.4. The quantitative estimate of drug-likeness (QED) is 0.241. The molecule has 0 aromatic rings. The molecule has 0 fully saturated rings. The van der Waals surface area contributed by atoms with Gasteiger partial charge in [-0.15, -0.1) is 0 Å². The number of hydrogen-bond donors (Lipinski definition) is 0. The highest BCUT2D eigenvalue weighted by atomic mass is 28.2. The lowest BCUT2D eigenvalue weighted by molar-refractivity contribution is -0.362. The van der Waals surface area contributed by atoms with Crippen LogP contribution in [0.2, 0.25) is 0 Å². The van der Waals surface area contributed by atoms with Crippen molar-refractivity contribution in [1.82, 2.24) is 0 Å². The van der Waals surface area contributed by atoms with Gasteiger partial charge in [-0.25, -0.2) is 0 Å². The summed E-state index contributed by atoms with van der Waals surface area (Å²) in [5.41, 5.74) is 2.50. The maximum absolute atomic E-state index is 5.55. The van der Waals surface area contributed by atoms with Gasteiger partial charge in [-0.05, 0) is 38.5 Å². The summed E-state index contributed by atoms with van der Waals surface area (Å²) in [4.78, 5) is 16.5.